The molecule has 43 heavy (non-hydrogen) atoms. The first kappa shape index (κ1) is 37.0. The molecule has 0 atom stereocenters. The molecule has 6 rings (SSSR count). The molecule has 0 saturated heterocycles. The van der Waals surface area contributed by atoms with Gasteiger partial charge in [0.2, 0.25) is 0 Å². The van der Waals surface area contributed by atoms with Gasteiger partial charge in [-0.25, -0.2) is 0 Å². The molecular weight excluding hydrogens is 651 g/mol. The quantitative estimate of drug-likeness (QED) is 0.171. The molecule has 0 spiro atoms. The molecule has 2 aromatic carbocycles. The highest BCUT2D eigenvalue weighted by Crippen LogP contribution is 2.30. The lowest BCUT2D eigenvalue weighted by Gasteiger charge is -2.08. The third-order valence-corrected chi connectivity index (χ3v) is 6.86. The zero-order valence-corrected chi connectivity index (χ0v) is 25.2. The van der Waals surface area contributed by atoms with Gasteiger partial charge in [0.25, 0.3) is 0 Å². The van der Waals surface area contributed by atoms with Crippen LogP contribution in [0.2, 0.25) is 10.0 Å². The smallest absolute Gasteiger partial charge is 0.303 e. The van der Waals surface area contributed by atoms with E-state index in [9.17, 15) is 9.59 Å². The highest BCUT2D eigenvalue weighted by Gasteiger charge is 2.14. The molecule has 0 saturated carbocycles. The number of anilines is 2. The number of aliphatic imine (C=N–C) groups is 2. The molecule has 234 valence electrons. The normalized spacial score (nSPS) is 12.7. The van der Waals surface area contributed by atoms with Crippen molar-refractivity contribution in [3.8, 4) is 0 Å². The molecule has 0 bridgehead atoms. The second-order valence-corrected chi connectivity index (χ2v) is 9.83. The molecule has 0 aliphatic carbocycles. The summed E-state index contributed by atoms with van der Waals surface area (Å²) in [7, 11) is 0. The number of guanidine groups is 2. The van der Waals surface area contributed by atoms with Crippen molar-refractivity contribution >= 4 is 104 Å². The van der Waals surface area contributed by atoms with Gasteiger partial charge >= 0.3 is 11.9 Å². The van der Waals surface area contributed by atoms with Gasteiger partial charge in [-0.1, -0.05) is 23.2 Å². The summed E-state index contributed by atoms with van der Waals surface area (Å²) in [4.78, 5) is 27.8. The van der Waals surface area contributed by atoms with Crippen LogP contribution in [0.3, 0.4) is 0 Å². The SMILES string of the molecule is Clc1ccc2nsnc2c1NC1=NCCN1.Clc1ccc2nsnc2c1NC1=NCCN1.O.O.O.O=C(O)CCC(=O)O. The lowest BCUT2D eigenvalue weighted by atomic mass is 10.2. The second kappa shape index (κ2) is 17.9. The number of carboxylic acid groups (broad SMARTS) is 2. The van der Waals surface area contributed by atoms with Crippen molar-refractivity contribution in [1.82, 2.24) is 28.1 Å². The average Bonchev–Trinajstić information content (AvgIpc) is 3.74. The summed E-state index contributed by atoms with van der Waals surface area (Å²) >= 11 is 14.6. The van der Waals surface area contributed by atoms with Gasteiger partial charge in [-0.3, -0.25) is 19.6 Å². The number of halogens is 2. The predicted octanol–water partition coefficient (Wildman–Crippen LogP) is 0.893. The summed E-state index contributed by atoms with van der Waals surface area (Å²) < 4.78 is 16.8. The van der Waals surface area contributed by atoms with Crippen LogP contribution in [0.25, 0.3) is 22.1 Å². The number of nitrogens with zero attached hydrogens (tertiary/aromatic N) is 6. The number of nitrogens with one attached hydrogen (secondary N) is 4. The standard InChI is InChI=1S/2C9H8ClN5S.C4H6O4.3H2O/c2*10-5-1-2-6-8(15-16-14-6)7(5)13-9-11-3-4-12-9;5-3(6)1-2-4(7)8;;;/h2*1-2H,3-4H2,(H2,11,12,13);1-2H2,(H,5,6)(H,7,8);3*1H2. The van der Waals surface area contributed by atoms with Gasteiger partial charge in [0.15, 0.2) is 11.9 Å². The van der Waals surface area contributed by atoms with E-state index < -0.39 is 11.9 Å². The number of hydrogen-bond donors (Lipinski definition) is 6. The van der Waals surface area contributed by atoms with Crippen LogP contribution in [0, 0.1) is 0 Å². The Morgan fingerprint density at radius 2 is 1.12 bits per heavy atom. The Morgan fingerprint density at radius 1 is 0.721 bits per heavy atom. The van der Waals surface area contributed by atoms with E-state index in [0.29, 0.717) is 10.0 Å². The first-order chi connectivity index (χ1) is 19.3. The van der Waals surface area contributed by atoms with Crippen molar-refractivity contribution in [3.05, 3.63) is 34.3 Å². The minimum atomic E-state index is -1.08. The maximum atomic E-state index is 9.64. The molecule has 2 aliphatic heterocycles. The minimum Gasteiger partial charge on any atom is -0.481 e. The topological polar surface area (TPSA) is 294 Å². The first-order valence-corrected chi connectivity index (χ1v) is 13.9. The van der Waals surface area contributed by atoms with Gasteiger partial charge in [-0.05, 0) is 24.3 Å². The van der Waals surface area contributed by atoms with Crippen LogP contribution < -0.4 is 21.3 Å². The average molecular weight is 680 g/mol. The summed E-state index contributed by atoms with van der Waals surface area (Å²) in [5.41, 5.74) is 4.79. The monoisotopic (exact) mass is 678 g/mol. The molecule has 21 heteroatoms. The molecule has 0 amide bonds. The fourth-order valence-corrected chi connectivity index (χ4v) is 4.79. The van der Waals surface area contributed by atoms with E-state index in [1.807, 2.05) is 24.3 Å². The molecule has 4 heterocycles. The Hall–Kier alpha value is -3.98. The summed E-state index contributed by atoms with van der Waals surface area (Å²) in [5.74, 6) is -0.676. The highest BCUT2D eigenvalue weighted by molar-refractivity contribution is 7.00. The van der Waals surface area contributed by atoms with Crippen molar-refractivity contribution < 1.29 is 36.2 Å². The summed E-state index contributed by atoms with van der Waals surface area (Å²) in [5, 5.41) is 29.6. The van der Waals surface area contributed by atoms with Crippen molar-refractivity contribution in [1.29, 1.82) is 0 Å². The van der Waals surface area contributed by atoms with Crippen LogP contribution in [-0.4, -0.2) is 94.2 Å². The lowest BCUT2D eigenvalue weighted by molar-refractivity contribution is -0.143. The van der Waals surface area contributed by atoms with Gasteiger partial charge in [0.05, 0.1) is 70.8 Å². The van der Waals surface area contributed by atoms with E-state index in [4.69, 9.17) is 33.4 Å². The van der Waals surface area contributed by atoms with Crippen molar-refractivity contribution in [2.24, 2.45) is 9.98 Å². The molecule has 2 aromatic heterocycles. The van der Waals surface area contributed by atoms with Gasteiger partial charge in [0, 0.05) is 13.1 Å². The van der Waals surface area contributed by atoms with Gasteiger partial charge in [-0.2, -0.15) is 17.5 Å². The van der Waals surface area contributed by atoms with Crippen LogP contribution in [-0.2, 0) is 9.59 Å². The van der Waals surface area contributed by atoms with Crippen LogP contribution in [0.15, 0.2) is 34.3 Å². The van der Waals surface area contributed by atoms with Crippen LogP contribution >= 0.6 is 46.7 Å². The Labute approximate surface area is 261 Å². The molecule has 12 N–H and O–H groups in total. The van der Waals surface area contributed by atoms with Gasteiger partial charge in [0.1, 0.15) is 22.1 Å². The van der Waals surface area contributed by atoms with E-state index >= 15 is 0 Å². The number of fused-ring (bicyclic) bond motifs is 2. The molecule has 0 unspecified atom stereocenters. The van der Waals surface area contributed by atoms with E-state index in [0.717, 1.165) is 71.5 Å². The highest BCUT2D eigenvalue weighted by atomic mass is 35.5. The van der Waals surface area contributed by atoms with Crippen molar-refractivity contribution in [2.75, 3.05) is 36.8 Å². The third kappa shape index (κ3) is 10.4. The van der Waals surface area contributed by atoms with E-state index in [-0.39, 0.29) is 29.3 Å². The molecular formula is C22H28Cl2N10O7S2. The largest absolute Gasteiger partial charge is 0.481 e. The number of aliphatic carboxylic acids is 2. The van der Waals surface area contributed by atoms with Crippen LogP contribution in [0.5, 0.6) is 0 Å². The van der Waals surface area contributed by atoms with Gasteiger partial charge in [-0.15, -0.1) is 0 Å². The lowest BCUT2D eigenvalue weighted by Crippen LogP contribution is -2.26. The van der Waals surface area contributed by atoms with E-state index in [1.54, 1.807) is 0 Å². The number of aromatic nitrogens is 4. The summed E-state index contributed by atoms with van der Waals surface area (Å²) in [6.45, 7) is 3.27. The number of rotatable bonds is 5. The molecule has 4 aromatic rings. The Kier molecular flexibility index (Phi) is 15.4. The second-order valence-electron chi connectivity index (χ2n) is 7.96. The Bertz CT molecular complexity index is 1470. The molecule has 17 nitrogen and oxygen atoms in total. The number of benzene rings is 2. The minimum absolute atomic E-state index is 0. The Balaban J connectivity index is 0.000000330. The fraction of sp³-hybridized carbons (Fsp3) is 0.273. The number of carboxylic acids is 2. The molecule has 0 fully saturated rings. The zero-order valence-electron chi connectivity index (χ0n) is 22.0. The van der Waals surface area contributed by atoms with Crippen LogP contribution in [0.1, 0.15) is 12.8 Å². The van der Waals surface area contributed by atoms with Crippen LogP contribution in [0.4, 0.5) is 11.4 Å². The number of carbonyl (C=O) groups is 2. The predicted molar refractivity (Wildman–Crippen MR) is 168 cm³/mol. The molecule has 0 radical (unpaired) electrons. The fourth-order valence-electron chi connectivity index (χ4n) is 3.31. The summed E-state index contributed by atoms with van der Waals surface area (Å²) in [6, 6.07) is 7.33. The third-order valence-electron chi connectivity index (χ3n) is 5.14. The number of hydrogen-bond acceptors (Lipinski definition) is 14. The van der Waals surface area contributed by atoms with E-state index in [2.05, 4.69) is 48.7 Å². The Morgan fingerprint density at radius 3 is 1.44 bits per heavy atom. The maximum absolute atomic E-state index is 9.64. The zero-order chi connectivity index (χ0) is 28.5. The van der Waals surface area contributed by atoms with Crippen molar-refractivity contribution in [3.63, 3.8) is 0 Å². The summed E-state index contributed by atoms with van der Waals surface area (Å²) in [6.07, 6.45) is -0.593. The maximum Gasteiger partial charge on any atom is 0.303 e. The molecule has 2 aliphatic rings. The van der Waals surface area contributed by atoms with Crippen molar-refractivity contribution in [2.45, 2.75) is 12.8 Å². The van der Waals surface area contributed by atoms with E-state index in [1.165, 1.54) is 23.5 Å². The first-order valence-electron chi connectivity index (χ1n) is 11.7. The van der Waals surface area contributed by atoms with Gasteiger partial charge < -0.3 is 47.9 Å².